The average molecular weight is 228 g/mol. The lowest BCUT2D eigenvalue weighted by Crippen LogP contribution is -2.54. The van der Waals surface area contributed by atoms with Crippen LogP contribution in [-0.2, 0) is 9.59 Å². The van der Waals surface area contributed by atoms with Gasteiger partial charge in [-0.3, -0.25) is 14.5 Å². The molecule has 92 valence electrons. The van der Waals surface area contributed by atoms with E-state index in [-0.39, 0.29) is 5.91 Å². The van der Waals surface area contributed by atoms with E-state index in [1.165, 1.54) is 6.92 Å². The molecular formula is C11H20N2O3. The molecule has 1 saturated heterocycles. The largest absolute Gasteiger partial charge is 0.481 e. The fourth-order valence-corrected chi connectivity index (χ4v) is 1.97. The van der Waals surface area contributed by atoms with Crippen molar-refractivity contribution in [2.45, 2.75) is 26.3 Å². The molecular weight excluding hydrogens is 208 g/mol. The maximum atomic E-state index is 11.8. The van der Waals surface area contributed by atoms with Gasteiger partial charge in [-0.2, -0.15) is 0 Å². The lowest BCUT2D eigenvalue weighted by atomic mass is 10.1. The van der Waals surface area contributed by atoms with Gasteiger partial charge in [0.05, 0.1) is 0 Å². The first-order valence-corrected chi connectivity index (χ1v) is 5.69. The molecule has 2 atom stereocenters. The van der Waals surface area contributed by atoms with Crippen molar-refractivity contribution >= 4 is 11.9 Å². The van der Waals surface area contributed by atoms with Crippen LogP contribution in [0.5, 0.6) is 0 Å². The van der Waals surface area contributed by atoms with Crippen LogP contribution in [0.3, 0.4) is 0 Å². The highest BCUT2D eigenvalue weighted by molar-refractivity contribution is 5.96. The molecule has 0 aromatic carbocycles. The van der Waals surface area contributed by atoms with Crippen LogP contribution in [0.1, 0.15) is 20.3 Å². The number of piperazine rings is 1. The molecule has 0 radical (unpaired) electrons. The van der Waals surface area contributed by atoms with E-state index in [4.69, 9.17) is 5.11 Å². The Morgan fingerprint density at radius 1 is 1.44 bits per heavy atom. The summed E-state index contributed by atoms with van der Waals surface area (Å²) in [6.07, 6.45) is 0.974. The smallest absolute Gasteiger partial charge is 0.315 e. The second-order valence-corrected chi connectivity index (χ2v) is 4.39. The number of carboxylic acid groups (broad SMARTS) is 1. The molecule has 5 heteroatoms. The molecule has 1 rings (SSSR count). The zero-order valence-electron chi connectivity index (χ0n) is 10.1. The van der Waals surface area contributed by atoms with E-state index in [0.717, 1.165) is 13.0 Å². The van der Waals surface area contributed by atoms with Crippen molar-refractivity contribution in [3.8, 4) is 0 Å². The Bertz CT molecular complexity index is 280. The third-order valence-corrected chi connectivity index (χ3v) is 3.30. The Kier molecular flexibility index (Phi) is 4.29. The molecule has 0 saturated carbocycles. The van der Waals surface area contributed by atoms with Crippen molar-refractivity contribution in [3.63, 3.8) is 0 Å². The third kappa shape index (κ3) is 2.72. The van der Waals surface area contributed by atoms with Crippen LogP contribution >= 0.6 is 0 Å². The minimum atomic E-state index is -1.04. The maximum absolute atomic E-state index is 11.8. The van der Waals surface area contributed by atoms with Gasteiger partial charge < -0.3 is 10.0 Å². The van der Waals surface area contributed by atoms with Gasteiger partial charge in [-0.25, -0.2) is 0 Å². The first-order chi connectivity index (χ1) is 7.47. The molecule has 0 aromatic rings. The highest BCUT2D eigenvalue weighted by Gasteiger charge is 2.31. The van der Waals surface area contributed by atoms with E-state index in [1.54, 1.807) is 4.90 Å². The van der Waals surface area contributed by atoms with Gasteiger partial charge >= 0.3 is 5.97 Å². The van der Waals surface area contributed by atoms with E-state index in [2.05, 4.69) is 11.8 Å². The van der Waals surface area contributed by atoms with Crippen LogP contribution in [-0.4, -0.2) is 59.5 Å². The molecule has 1 aliphatic heterocycles. The van der Waals surface area contributed by atoms with Gasteiger partial charge in [0.2, 0.25) is 5.91 Å². The Hall–Kier alpha value is -1.10. The van der Waals surface area contributed by atoms with Crippen LogP contribution in [0.2, 0.25) is 0 Å². The Morgan fingerprint density at radius 3 is 2.56 bits per heavy atom. The average Bonchev–Trinajstić information content (AvgIpc) is 2.27. The minimum absolute atomic E-state index is 0.265. The normalized spacial score (nSPS) is 24.2. The van der Waals surface area contributed by atoms with Crippen LogP contribution in [0.15, 0.2) is 0 Å². The standard InChI is InChI=1S/C11H20N2O3/c1-4-9-7-13(6-5-12(9)3)10(14)8(2)11(15)16/h8-9H,4-7H2,1-3H3,(H,15,16). The molecule has 5 nitrogen and oxygen atoms in total. The summed E-state index contributed by atoms with van der Waals surface area (Å²) in [5.41, 5.74) is 0. The number of hydrogen-bond acceptors (Lipinski definition) is 3. The highest BCUT2D eigenvalue weighted by Crippen LogP contribution is 2.13. The molecule has 0 aromatic heterocycles. The van der Waals surface area contributed by atoms with Crippen LogP contribution in [0.25, 0.3) is 0 Å². The monoisotopic (exact) mass is 228 g/mol. The summed E-state index contributed by atoms with van der Waals surface area (Å²) in [7, 11) is 2.04. The fourth-order valence-electron chi connectivity index (χ4n) is 1.97. The first-order valence-electron chi connectivity index (χ1n) is 5.69. The van der Waals surface area contributed by atoms with Gasteiger partial charge in [-0.1, -0.05) is 6.92 Å². The molecule has 1 amide bonds. The third-order valence-electron chi connectivity index (χ3n) is 3.30. The van der Waals surface area contributed by atoms with Crippen molar-refractivity contribution in [3.05, 3.63) is 0 Å². The number of aliphatic carboxylic acids is 1. The van der Waals surface area contributed by atoms with Crippen molar-refractivity contribution in [1.29, 1.82) is 0 Å². The summed E-state index contributed by atoms with van der Waals surface area (Å²) in [6, 6.07) is 0.346. The molecule has 1 aliphatic rings. The van der Waals surface area contributed by atoms with E-state index < -0.39 is 11.9 Å². The van der Waals surface area contributed by atoms with Crippen molar-refractivity contribution in [1.82, 2.24) is 9.80 Å². The molecule has 1 N–H and O–H groups in total. The van der Waals surface area contributed by atoms with Crippen molar-refractivity contribution < 1.29 is 14.7 Å². The summed E-state index contributed by atoms with van der Waals surface area (Å²) < 4.78 is 0. The fraction of sp³-hybridized carbons (Fsp3) is 0.818. The second kappa shape index (κ2) is 5.30. The van der Waals surface area contributed by atoms with Gasteiger partial charge in [-0.05, 0) is 20.4 Å². The Labute approximate surface area is 96.0 Å². The number of carboxylic acids is 1. The van der Waals surface area contributed by atoms with Gasteiger partial charge in [0.15, 0.2) is 0 Å². The summed E-state index contributed by atoms with van der Waals surface area (Å²) in [6.45, 7) is 5.61. The summed E-state index contributed by atoms with van der Waals surface area (Å²) >= 11 is 0. The van der Waals surface area contributed by atoms with Gasteiger partial charge in [-0.15, -0.1) is 0 Å². The van der Waals surface area contributed by atoms with Gasteiger partial charge in [0.25, 0.3) is 0 Å². The quantitative estimate of drug-likeness (QED) is 0.704. The molecule has 2 unspecified atom stereocenters. The SMILES string of the molecule is CCC1CN(C(=O)C(C)C(=O)O)CCN1C. The number of carbonyl (C=O) groups is 2. The molecule has 0 aliphatic carbocycles. The van der Waals surface area contributed by atoms with Gasteiger partial charge in [0.1, 0.15) is 5.92 Å². The van der Waals surface area contributed by atoms with Gasteiger partial charge in [0, 0.05) is 25.7 Å². The lowest BCUT2D eigenvalue weighted by Gasteiger charge is -2.39. The maximum Gasteiger partial charge on any atom is 0.315 e. The Balaban J connectivity index is 2.61. The topological polar surface area (TPSA) is 60.9 Å². The second-order valence-electron chi connectivity index (χ2n) is 4.39. The van der Waals surface area contributed by atoms with E-state index in [1.807, 2.05) is 7.05 Å². The number of likely N-dealkylation sites (N-methyl/N-ethyl adjacent to an activating group) is 1. The molecule has 16 heavy (non-hydrogen) atoms. The number of hydrogen-bond donors (Lipinski definition) is 1. The van der Waals surface area contributed by atoms with E-state index >= 15 is 0 Å². The predicted molar refractivity (Wildman–Crippen MR) is 60.1 cm³/mol. The molecule has 1 fully saturated rings. The number of rotatable bonds is 3. The number of nitrogens with zero attached hydrogens (tertiary/aromatic N) is 2. The van der Waals surface area contributed by atoms with Crippen LogP contribution in [0.4, 0.5) is 0 Å². The summed E-state index contributed by atoms with van der Waals surface area (Å²) in [5, 5.41) is 8.80. The zero-order chi connectivity index (χ0) is 12.3. The molecule has 0 spiro atoms. The van der Waals surface area contributed by atoms with Crippen LogP contribution in [0, 0.1) is 5.92 Å². The van der Waals surface area contributed by atoms with Crippen LogP contribution < -0.4 is 0 Å². The van der Waals surface area contributed by atoms with E-state index in [0.29, 0.717) is 19.1 Å². The summed E-state index contributed by atoms with van der Waals surface area (Å²) in [5.74, 6) is -2.24. The molecule has 1 heterocycles. The highest BCUT2D eigenvalue weighted by atomic mass is 16.4. The Morgan fingerprint density at radius 2 is 2.06 bits per heavy atom. The van der Waals surface area contributed by atoms with Crippen molar-refractivity contribution in [2.24, 2.45) is 5.92 Å². The number of carbonyl (C=O) groups excluding carboxylic acids is 1. The first kappa shape index (κ1) is 13.0. The predicted octanol–water partition coefficient (Wildman–Crippen LogP) is 0.260. The summed E-state index contributed by atoms with van der Waals surface area (Å²) in [4.78, 5) is 26.5. The minimum Gasteiger partial charge on any atom is -0.481 e. The number of amides is 1. The lowest BCUT2D eigenvalue weighted by molar-refractivity contribution is -0.151. The molecule has 0 bridgehead atoms. The van der Waals surface area contributed by atoms with Crippen molar-refractivity contribution in [2.75, 3.05) is 26.7 Å². The zero-order valence-corrected chi connectivity index (χ0v) is 10.1. The van der Waals surface area contributed by atoms with E-state index in [9.17, 15) is 9.59 Å².